The fourth-order valence-corrected chi connectivity index (χ4v) is 3.56. The highest BCUT2D eigenvalue weighted by atomic mass is 16.3. The monoisotopic (exact) mass is 265 g/mol. The predicted molar refractivity (Wildman–Crippen MR) is 82.0 cm³/mol. The largest absolute Gasteiger partial charge is 0.391 e. The summed E-state index contributed by atoms with van der Waals surface area (Å²) in [5.41, 5.74) is 6.68. The maximum atomic E-state index is 9.92. The Labute approximate surface area is 119 Å². The molecule has 102 valence electrons. The van der Waals surface area contributed by atoms with Gasteiger partial charge in [-0.2, -0.15) is 0 Å². The van der Waals surface area contributed by atoms with Gasteiger partial charge in [-0.15, -0.1) is 0 Å². The SMILES string of the molecule is OC1CCCC1Nc1ccc2c(c1)Cc1ccccc1-2. The number of rotatable bonds is 2. The van der Waals surface area contributed by atoms with Crippen molar-refractivity contribution in [2.45, 2.75) is 37.8 Å². The van der Waals surface area contributed by atoms with Crippen molar-refractivity contribution in [2.75, 3.05) is 5.32 Å². The van der Waals surface area contributed by atoms with E-state index in [0.717, 1.165) is 31.4 Å². The van der Waals surface area contributed by atoms with Crippen molar-refractivity contribution in [3.63, 3.8) is 0 Å². The van der Waals surface area contributed by atoms with E-state index >= 15 is 0 Å². The number of aliphatic hydroxyl groups is 1. The maximum absolute atomic E-state index is 9.92. The fraction of sp³-hybridized carbons (Fsp3) is 0.333. The molecule has 1 saturated carbocycles. The predicted octanol–water partition coefficient (Wildman–Crippen LogP) is 3.58. The Morgan fingerprint density at radius 3 is 2.65 bits per heavy atom. The molecule has 20 heavy (non-hydrogen) atoms. The molecule has 0 saturated heterocycles. The molecule has 2 aliphatic rings. The van der Waals surface area contributed by atoms with E-state index in [1.807, 2.05) is 0 Å². The molecule has 2 N–H and O–H groups in total. The van der Waals surface area contributed by atoms with Gasteiger partial charge in [-0.05, 0) is 60.1 Å². The number of hydrogen-bond donors (Lipinski definition) is 2. The lowest BCUT2D eigenvalue weighted by Crippen LogP contribution is -2.27. The van der Waals surface area contributed by atoms with Gasteiger partial charge in [-0.1, -0.05) is 30.3 Å². The lowest BCUT2D eigenvalue weighted by molar-refractivity contribution is 0.172. The first kappa shape index (κ1) is 12.0. The smallest absolute Gasteiger partial charge is 0.0741 e. The van der Waals surface area contributed by atoms with Crippen LogP contribution in [0.2, 0.25) is 0 Å². The molecule has 0 heterocycles. The topological polar surface area (TPSA) is 32.3 Å². The molecule has 2 unspecified atom stereocenters. The summed E-state index contributed by atoms with van der Waals surface area (Å²) in [5, 5.41) is 13.4. The second kappa shape index (κ2) is 4.64. The minimum Gasteiger partial charge on any atom is -0.391 e. The lowest BCUT2D eigenvalue weighted by atomic mass is 10.1. The van der Waals surface area contributed by atoms with Crippen molar-refractivity contribution >= 4 is 5.69 Å². The number of hydrogen-bond acceptors (Lipinski definition) is 2. The van der Waals surface area contributed by atoms with E-state index in [2.05, 4.69) is 47.8 Å². The van der Waals surface area contributed by atoms with E-state index in [4.69, 9.17) is 0 Å². The molecule has 1 fully saturated rings. The average molecular weight is 265 g/mol. The summed E-state index contributed by atoms with van der Waals surface area (Å²) in [6, 6.07) is 15.5. The van der Waals surface area contributed by atoms with Crippen LogP contribution in [0.25, 0.3) is 11.1 Å². The van der Waals surface area contributed by atoms with Crippen molar-refractivity contribution in [3.8, 4) is 11.1 Å². The van der Waals surface area contributed by atoms with Crippen molar-refractivity contribution in [3.05, 3.63) is 53.6 Å². The molecule has 0 spiro atoms. The van der Waals surface area contributed by atoms with Gasteiger partial charge in [-0.3, -0.25) is 0 Å². The second-order valence-electron chi connectivity index (χ2n) is 5.95. The molecule has 2 aromatic carbocycles. The van der Waals surface area contributed by atoms with Crippen LogP contribution in [0.3, 0.4) is 0 Å². The number of nitrogens with one attached hydrogen (secondary N) is 1. The number of benzene rings is 2. The number of fused-ring (bicyclic) bond motifs is 3. The third-order valence-corrected chi connectivity index (χ3v) is 4.63. The van der Waals surface area contributed by atoms with Crippen LogP contribution < -0.4 is 5.32 Å². The van der Waals surface area contributed by atoms with Gasteiger partial charge in [0, 0.05) is 5.69 Å². The zero-order valence-corrected chi connectivity index (χ0v) is 11.5. The second-order valence-corrected chi connectivity index (χ2v) is 5.95. The maximum Gasteiger partial charge on any atom is 0.0741 e. The minimum atomic E-state index is -0.194. The zero-order valence-electron chi connectivity index (χ0n) is 11.5. The molecule has 4 rings (SSSR count). The summed E-state index contributed by atoms with van der Waals surface area (Å²) in [5.74, 6) is 0. The fourth-order valence-electron chi connectivity index (χ4n) is 3.56. The van der Waals surface area contributed by atoms with Gasteiger partial charge < -0.3 is 10.4 Å². The summed E-state index contributed by atoms with van der Waals surface area (Å²) in [6.07, 6.45) is 3.94. The minimum absolute atomic E-state index is 0.194. The normalized spacial score (nSPS) is 23.4. The Morgan fingerprint density at radius 1 is 0.950 bits per heavy atom. The quantitative estimate of drug-likeness (QED) is 0.742. The highest BCUT2D eigenvalue weighted by Crippen LogP contribution is 2.38. The third kappa shape index (κ3) is 1.92. The van der Waals surface area contributed by atoms with E-state index in [1.54, 1.807) is 0 Å². The van der Waals surface area contributed by atoms with Crippen molar-refractivity contribution < 1.29 is 5.11 Å². The van der Waals surface area contributed by atoms with Gasteiger partial charge >= 0.3 is 0 Å². The molecule has 0 amide bonds. The van der Waals surface area contributed by atoms with Gasteiger partial charge in [-0.25, -0.2) is 0 Å². The van der Waals surface area contributed by atoms with Gasteiger partial charge in [0.25, 0.3) is 0 Å². The zero-order chi connectivity index (χ0) is 13.5. The first-order valence-electron chi connectivity index (χ1n) is 7.47. The summed E-state index contributed by atoms with van der Waals surface area (Å²) in [7, 11) is 0. The summed E-state index contributed by atoms with van der Waals surface area (Å²) in [4.78, 5) is 0. The van der Waals surface area contributed by atoms with E-state index in [9.17, 15) is 5.11 Å². The van der Waals surface area contributed by atoms with Crippen LogP contribution in [-0.2, 0) is 6.42 Å². The summed E-state index contributed by atoms with van der Waals surface area (Å²) < 4.78 is 0. The van der Waals surface area contributed by atoms with E-state index in [1.165, 1.54) is 22.3 Å². The molecule has 2 heteroatoms. The first-order chi connectivity index (χ1) is 9.81. The van der Waals surface area contributed by atoms with E-state index in [-0.39, 0.29) is 12.1 Å². The molecular formula is C18H19NO. The van der Waals surface area contributed by atoms with Crippen molar-refractivity contribution in [2.24, 2.45) is 0 Å². The summed E-state index contributed by atoms with van der Waals surface area (Å²) >= 11 is 0. The van der Waals surface area contributed by atoms with Crippen LogP contribution >= 0.6 is 0 Å². The van der Waals surface area contributed by atoms with Crippen molar-refractivity contribution in [1.29, 1.82) is 0 Å². The highest BCUT2D eigenvalue weighted by Gasteiger charge is 2.25. The molecule has 2 aromatic rings. The standard InChI is InChI=1S/C18H19NO/c20-18-7-3-6-17(18)19-14-8-9-16-13(11-14)10-12-4-1-2-5-15(12)16/h1-2,4-5,8-9,11,17-20H,3,6-7,10H2. The Bertz CT molecular complexity index is 650. The number of aliphatic hydroxyl groups excluding tert-OH is 1. The molecule has 0 radical (unpaired) electrons. The van der Waals surface area contributed by atoms with Crippen LogP contribution in [-0.4, -0.2) is 17.3 Å². The molecule has 0 aliphatic heterocycles. The van der Waals surface area contributed by atoms with Crippen LogP contribution in [0.5, 0.6) is 0 Å². The molecular weight excluding hydrogens is 246 g/mol. The molecule has 0 bridgehead atoms. The Hall–Kier alpha value is -1.80. The Kier molecular flexibility index (Phi) is 2.78. The molecule has 2 nitrogen and oxygen atoms in total. The Morgan fingerprint density at radius 2 is 1.80 bits per heavy atom. The van der Waals surface area contributed by atoms with E-state index < -0.39 is 0 Å². The van der Waals surface area contributed by atoms with Crippen molar-refractivity contribution in [1.82, 2.24) is 0 Å². The van der Waals surface area contributed by atoms with Gasteiger partial charge in [0.05, 0.1) is 12.1 Å². The lowest BCUT2D eigenvalue weighted by Gasteiger charge is -2.18. The molecule has 2 atom stereocenters. The van der Waals surface area contributed by atoms with Gasteiger partial charge in [0.2, 0.25) is 0 Å². The Balaban J connectivity index is 1.62. The average Bonchev–Trinajstić information content (AvgIpc) is 3.02. The van der Waals surface area contributed by atoms with Crippen LogP contribution in [0.1, 0.15) is 30.4 Å². The summed E-state index contributed by atoms with van der Waals surface area (Å²) in [6.45, 7) is 0. The van der Waals surface area contributed by atoms with Crippen LogP contribution in [0.4, 0.5) is 5.69 Å². The molecule has 2 aliphatic carbocycles. The van der Waals surface area contributed by atoms with Gasteiger partial charge in [0.1, 0.15) is 0 Å². The van der Waals surface area contributed by atoms with E-state index in [0.29, 0.717) is 0 Å². The first-order valence-corrected chi connectivity index (χ1v) is 7.47. The van der Waals surface area contributed by atoms with Crippen LogP contribution in [0, 0.1) is 0 Å². The number of anilines is 1. The van der Waals surface area contributed by atoms with Crippen LogP contribution in [0.15, 0.2) is 42.5 Å². The highest BCUT2D eigenvalue weighted by molar-refractivity contribution is 5.78. The third-order valence-electron chi connectivity index (χ3n) is 4.63. The van der Waals surface area contributed by atoms with Gasteiger partial charge in [0.15, 0.2) is 0 Å². The molecule has 0 aromatic heterocycles.